The van der Waals surface area contributed by atoms with Gasteiger partial charge < -0.3 is 5.73 Å². The second-order valence-corrected chi connectivity index (χ2v) is 6.33. The van der Waals surface area contributed by atoms with E-state index in [1.807, 2.05) is 6.92 Å². The van der Waals surface area contributed by atoms with Crippen molar-refractivity contribution in [1.82, 2.24) is 0 Å². The van der Waals surface area contributed by atoms with Gasteiger partial charge in [0.2, 0.25) is 0 Å². The highest BCUT2D eigenvalue weighted by Crippen LogP contribution is 2.33. The minimum Gasteiger partial charge on any atom is -0.330 e. The fraction of sp³-hybridized carbons (Fsp3) is 0.632. The second kappa shape index (κ2) is 9.14. The quantitative estimate of drug-likeness (QED) is 0.386. The van der Waals surface area contributed by atoms with Crippen LogP contribution in [-0.4, -0.2) is 12.7 Å². The van der Waals surface area contributed by atoms with Crippen molar-refractivity contribution >= 4 is 0 Å². The number of nitrogens with two attached hydrogens (primary N) is 1. The van der Waals surface area contributed by atoms with Gasteiger partial charge in [-0.15, -0.1) is 5.73 Å². The van der Waals surface area contributed by atoms with Crippen molar-refractivity contribution in [2.45, 2.75) is 52.6 Å². The predicted octanol–water partition coefficient (Wildman–Crippen LogP) is 5.55. The summed E-state index contributed by atoms with van der Waals surface area (Å²) in [5.74, 6) is -0.357. The van der Waals surface area contributed by atoms with Crippen LogP contribution in [0.25, 0.3) is 0 Å². The molecule has 1 nitrogen and oxygen atoms in total. The molecule has 0 aromatic heterocycles. The maximum atomic E-state index is 12.8. The maximum absolute atomic E-state index is 12.8. The zero-order chi connectivity index (χ0) is 17.5. The number of hydrogen-bond donors (Lipinski definition) is 1. The predicted molar refractivity (Wildman–Crippen MR) is 89.9 cm³/mol. The lowest BCUT2D eigenvalue weighted by Crippen LogP contribution is -2.24. The Labute approximate surface area is 137 Å². The topological polar surface area (TPSA) is 26.0 Å². The molecule has 0 aromatic rings. The van der Waals surface area contributed by atoms with Crippen molar-refractivity contribution in [3.8, 4) is 0 Å². The van der Waals surface area contributed by atoms with E-state index in [4.69, 9.17) is 5.73 Å². The van der Waals surface area contributed by atoms with Gasteiger partial charge in [0.1, 0.15) is 0 Å². The molecular formula is C19H28F3N. The van der Waals surface area contributed by atoms with Gasteiger partial charge in [-0.3, -0.25) is 0 Å². The summed E-state index contributed by atoms with van der Waals surface area (Å²) in [6, 6.07) is 0. The Balaban J connectivity index is 2.82. The smallest absolute Gasteiger partial charge is 0.330 e. The van der Waals surface area contributed by atoms with Crippen molar-refractivity contribution in [2.24, 2.45) is 23.5 Å². The number of rotatable bonds is 6. The van der Waals surface area contributed by atoms with Gasteiger partial charge in [0.05, 0.1) is 5.92 Å². The highest BCUT2D eigenvalue weighted by molar-refractivity contribution is 5.27. The highest BCUT2D eigenvalue weighted by Gasteiger charge is 2.36. The fourth-order valence-corrected chi connectivity index (χ4v) is 2.98. The summed E-state index contributed by atoms with van der Waals surface area (Å²) < 4.78 is 38.5. The fourth-order valence-electron chi connectivity index (χ4n) is 2.98. The minimum absolute atomic E-state index is 0.0566. The van der Waals surface area contributed by atoms with Crippen LogP contribution in [0.1, 0.15) is 46.5 Å². The van der Waals surface area contributed by atoms with Crippen LogP contribution in [0.5, 0.6) is 0 Å². The molecule has 4 heteroatoms. The normalized spacial score (nSPS) is 23.3. The molecule has 130 valence electrons. The Hall–Kier alpha value is -1.25. The zero-order valence-electron chi connectivity index (χ0n) is 14.3. The molecule has 0 saturated heterocycles. The molecule has 0 saturated carbocycles. The molecule has 3 atom stereocenters. The van der Waals surface area contributed by atoms with Gasteiger partial charge in [0.15, 0.2) is 0 Å². The molecule has 0 aromatic carbocycles. The minimum atomic E-state index is -4.18. The van der Waals surface area contributed by atoms with Crippen LogP contribution in [0, 0.1) is 17.8 Å². The largest absolute Gasteiger partial charge is 0.395 e. The lowest BCUT2D eigenvalue weighted by molar-refractivity contribution is -0.161. The Morgan fingerprint density at radius 1 is 1.48 bits per heavy atom. The average molecular weight is 327 g/mol. The molecule has 0 bridgehead atoms. The summed E-state index contributed by atoms with van der Waals surface area (Å²) in [5, 5.41) is 0. The molecule has 1 aliphatic rings. The van der Waals surface area contributed by atoms with Gasteiger partial charge in [-0.25, -0.2) is 0 Å². The van der Waals surface area contributed by atoms with E-state index in [9.17, 15) is 13.2 Å². The van der Waals surface area contributed by atoms with Crippen LogP contribution in [0.3, 0.4) is 0 Å². The SMILES string of the molecule is CC=C=C(/C=C\C(CC)C(F)(F)F)CC1=CCC(CN)C(C)C1. The third-order valence-electron chi connectivity index (χ3n) is 4.54. The van der Waals surface area contributed by atoms with Crippen molar-refractivity contribution in [3.63, 3.8) is 0 Å². The molecule has 3 unspecified atom stereocenters. The molecule has 0 spiro atoms. The first kappa shape index (κ1) is 19.8. The number of hydrogen-bond acceptors (Lipinski definition) is 1. The van der Waals surface area contributed by atoms with Gasteiger partial charge in [0.25, 0.3) is 0 Å². The monoisotopic (exact) mass is 327 g/mol. The van der Waals surface area contributed by atoms with Crippen LogP contribution in [0.4, 0.5) is 13.2 Å². The van der Waals surface area contributed by atoms with Crippen molar-refractivity contribution in [2.75, 3.05) is 6.54 Å². The molecule has 0 aliphatic heterocycles. The first-order valence-corrected chi connectivity index (χ1v) is 8.34. The van der Waals surface area contributed by atoms with Crippen molar-refractivity contribution in [3.05, 3.63) is 41.2 Å². The van der Waals surface area contributed by atoms with Gasteiger partial charge in [0, 0.05) is 6.42 Å². The van der Waals surface area contributed by atoms with E-state index < -0.39 is 12.1 Å². The van der Waals surface area contributed by atoms with Crippen LogP contribution in [-0.2, 0) is 0 Å². The first-order chi connectivity index (χ1) is 10.8. The van der Waals surface area contributed by atoms with Crippen LogP contribution in [0.15, 0.2) is 41.2 Å². The van der Waals surface area contributed by atoms with E-state index >= 15 is 0 Å². The Morgan fingerprint density at radius 2 is 2.17 bits per heavy atom. The third-order valence-corrected chi connectivity index (χ3v) is 4.54. The van der Waals surface area contributed by atoms with Crippen molar-refractivity contribution in [1.29, 1.82) is 0 Å². The number of allylic oxidation sites excluding steroid dienone is 5. The Bertz CT molecular complexity index is 493. The summed E-state index contributed by atoms with van der Waals surface area (Å²) in [7, 11) is 0. The summed E-state index contributed by atoms with van der Waals surface area (Å²) in [6.07, 6.45) is 5.26. The molecular weight excluding hydrogens is 299 g/mol. The average Bonchev–Trinajstić information content (AvgIpc) is 2.46. The van der Waals surface area contributed by atoms with Gasteiger partial charge in [-0.05, 0) is 56.2 Å². The van der Waals surface area contributed by atoms with E-state index in [-0.39, 0.29) is 6.42 Å². The molecule has 2 N–H and O–H groups in total. The Morgan fingerprint density at radius 3 is 2.65 bits per heavy atom. The van der Waals surface area contributed by atoms with Crippen molar-refractivity contribution < 1.29 is 13.2 Å². The van der Waals surface area contributed by atoms with E-state index in [0.717, 1.165) is 18.4 Å². The van der Waals surface area contributed by atoms with Crippen LogP contribution >= 0.6 is 0 Å². The third kappa shape index (κ3) is 6.40. The van der Waals surface area contributed by atoms with E-state index in [2.05, 4.69) is 18.7 Å². The molecule has 1 rings (SSSR count). The summed E-state index contributed by atoms with van der Waals surface area (Å²) in [4.78, 5) is 0. The molecule has 0 amide bonds. The van der Waals surface area contributed by atoms with E-state index in [0.29, 0.717) is 24.8 Å². The molecule has 0 radical (unpaired) electrons. The summed E-state index contributed by atoms with van der Waals surface area (Å²) >= 11 is 0. The second-order valence-electron chi connectivity index (χ2n) is 6.33. The van der Waals surface area contributed by atoms with E-state index in [1.54, 1.807) is 19.1 Å². The molecule has 1 aliphatic carbocycles. The first-order valence-electron chi connectivity index (χ1n) is 8.34. The van der Waals surface area contributed by atoms with Crippen LogP contribution < -0.4 is 5.73 Å². The van der Waals surface area contributed by atoms with Gasteiger partial charge >= 0.3 is 6.18 Å². The lowest BCUT2D eigenvalue weighted by Gasteiger charge is -2.27. The number of halogens is 3. The lowest BCUT2D eigenvalue weighted by atomic mass is 9.79. The van der Waals surface area contributed by atoms with Gasteiger partial charge in [-0.1, -0.05) is 37.6 Å². The molecule has 0 heterocycles. The number of alkyl halides is 3. The highest BCUT2D eigenvalue weighted by atomic mass is 19.4. The zero-order valence-corrected chi connectivity index (χ0v) is 14.3. The standard InChI is InChI=1S/C19H28F3N/c1-4-6-15(8-10-18(5-2)19(20,21)22)12-16-7-9-17(13-23)14(3)11-16/h4,7-8,10,14,17-18H,5,9,11-13,23H2,1-3H3/b10-8-. The van der Waals surface area contributed by atoms with E-state index in [1.165, 1.54) is 11.6 Å². The summed E-state index contributed by atoms with van der Waals surface area (Å²) in [6.45, 7) is 6.26. The maximum Gasteiger partial charge on any atom is 0.395 e. The Kier molecular flexibility index (Phi) is 7.87. The molecule has 0 fully saturated rings. The summed E-state index contributed by atoms with van der Waals surface area (Å²) in [5.41, 5.74) is 10.9. The van der Waals surface area contributed by atoms with Crippen LogP contribution in [0.2, 0.25) is 0 Å². The van der Waals surface area contributed by atoms with Gasteiger partial charge in [-0.2, -0.15) is 13.2 Å². The molecule has 23 heavy (non-hydrogen) atoms.